The normalized spacial score (nSPS) is 14.8. The maximum atomic E-state index is 12.0. The minimum absolute atomic E-state index is 0.211. The van der Waals surface area contributed by atoms with Crippen LogP contribution in [0.5, 0.6) is 0 Å². The Kier molecular flexibility index (Phi) is 5.82. The molecule has 1 saturated carbocycles. The second-order valence-electron chi connectivity index (χ2n) is 6.41. The summed E-state index contributed by atoms with van der Waals surface area (Å²) in [6, 6.07) is 11.8. The molecule has 1 aromatic carbocycles. The predicted octanol–water partition coefficient (Wildman–Crippen LogP) is 4.24. The highest BCUT2D eigenvalue weighted by molar-refractivity contribution is 5.88. The fraction of sp³-hybridized carbons (Fsp3) is 0.421. The van der Waals surface area contributed by atoms with Gasteiger partial charge in [-0.2, -0.15) is 0 Å². The fourth-order valence-electron chi connectivity index (χ4n) is 3.02. The van der Waals surface area contributed by atoms with Gasteiger partial charge in [0.25, 0.3) is 0 Å². The molecule has 132 valence electrons. The van der Waals surface area contributed by atoms with Crippen molar-refractivity contribution in [3.05, 3.63) is 42.0 Å². The number of hydrogen-bond donors (Lipinski definition) is 3. The van der Waals surface area contributed by atoms with Crippen LogP contribution in [0, 0.1) is 0 Å². The summed E-state index contributed by atoms with van der Waals surface area (Å²) in [4.78, 5) is 12.0. The van der Waals surface area contributed by atoms with Gasteiger partial charge in [-0.05, 0) is 49.1 Å². The van der Waals surface area contributed by atoms with E-state index in [0.29, 0.717) is 11.6 Å². The zero-order valence-corrected chi connectivity index (χ0v) is 14.6. The number of urea groups is 1. The first kappa shape index (κ1) is 17.2. The third-order valence-corrected chi connectivity index (χ3v) is 4.48. The van der Waals surface area contributed by atoms with E-state index in [1.54, 1.807) is 12.1 Å². The monoisotopic (exact) mass is 339 g/mol. The molecule has 1 aliphatic carbocycles. The summed E-state index contributed by atoms with van der Waals surface area (Å²) in [5, 5.41) is 17.1. The lowest BCUT2D eigenvalue weighted by Gasteiger charge is -2.22. The van der Waals surface area contributed by atoms with Gasteiger partial charge in [-0.25, -0.2) is 4.79 Å². The molecule has 0 unspecified atom stereocenters. The van der Waals surface area contributed by atoms with Crippen molar-refractivity contribution in [1.29, 1.82) is 0 Å². The largest absolute Gasteiger partial charge is 0.339 e. The van der Waals surface area contributed by atoms with Crippen LogP contribution in [-0.2, 0) is 6.42 Å². The van der Waals surface area contributed by atoms with Crippen LogP contribution in [0.1, 0.15) is 44.6 Å². The van der Waals surface area contributed by atoms with Crippen LogP contribution in [0.15, 0.2) is 36.4 Å². The number of aromatic nitrogens is 2. The topological polar surface area (TPSA) is 78.9 Å². The number of nitrogens with zero attached hydrogens (tertiary/aromatic N) is 2. The van der Waals surface area contributed by atoms with E-state index in [1.807, 2.05) is 12.1 Å². The number of carbonyl (C=O) groups is 1. The van der Waals surface area contributed by atoms with E-state index >= 15 is 0 Å². The highest BCUT2D eigenvalue weighted by Crippen LogP contribution is 2.18. The van der Waals surface area contributed by atoms with Crippen LogP contribution in [0.3, 0.4) is 0 Å². The van der Waals surface area contributed by atoms with Gasteiger partial charge >= 0.3 is 6.03 Å². The molecule has 0 atom stereocenters. The summed E-state index contributed by atoms with van der Waals surface area (Å²) in [5.41, 5.74) is 2.25. The van der Waals surface area contributed by atoms with Crippen LogP contribution in [-0.4, -0.2) is 22.3 Å². The number of carbonyl (C=O) groups excluding carboxylic acids is 1. The van der Waals surface area contributed by atoms with Gasteiger partial charge < -0.3 is 10.6 Å². The smallest absolute Gasteiger partial charge is 0.320 e. The number of rotatable bonds is 5. The van der Waals surface area contributed by atoms with Crippen molar-refractivity contribution in [3.8, 4) is 0 Å². The Hall–Kier alpha value is -2.63. The van der Waals surface area contributed by atoms with Gasteiger partial charge in [0.2, 0.25) is 0 Å². The second-order valence-corrected chi connectivity index (χ2v) is 6.41. The molecule has 0 bridgehead atoms. The molecule has 2 aromatic rings. The standard InChI is InChI=1S/C19H25N5O/c1-2-14-8-10-16(11-9-14)20-17-12-13-18(24-23-17)22-19(25)21-15-6-4-3-5-7-15/h8-13,15H,2-7H2,1H3,(H,20,23)(H2,21,22,24,25). The highest BCUT2D eigenvalue weighted by atomic mass is 16.2. The van der Waals surface area contributed by atoms with Crippen molar-refractivity contribution < 1.29 is 4.79 Å². The van der Waals surface area contributed by atoms with E-state index in [4.69, 9.17) is 0 Å². The molecule has 1 aromatic heterocycles. The zero-order valence-electron chi connectivity index (χ0n) is 14.6. The minimum Gasteiger partial charge on any atom is -0.339 e. The first-order chi connectivity index (χ1) is 12.2. The molecule has 6 nitrogen and oxygen atoms in total. The summed E-state index contributed by atoms with van der Waals surface area (Å²) in [7, 11) is 0. The second kappa shape index (κ2) is 8.46. The van der Waals surface area contributed by atoms with Gasteiger partial charge in [0.15, 0.2) is 11.6 Å². The summed E-state index contributed by atoms with van der Waals surface area (Å²) in [5.74, 6) is 1.09. The molecule has 0 aliphatic heterocycles. The van der Waals surface area contributed by atoms with Gasteiger partial charge in [0.05, 0.1) is 0 Å². The number of nitrogens with one attached hydrogen (secondary N) is 3. The molecule has 0 saturated heterocycles. The van der Waals surface area contributed by atoms with Gasteiger partial charge in [0, 0.05) is 11.7 Å². The molecule has 1 fully saturated rings. The van der Waals surface area contributed by atoms with Crippen LogP contribution in [0.25, 0.3) is 0 Å². The molecule has 0 spiro atoms. The Labute approximate surface area is 148 Å². The van der Waals surface area contributed by atoms with Crippen molar-refractivity contribution in [2.45, 2.75) is 51.5 Å². The molecule has 25 heavy (non-hydrogen) atoms. The van der Waals surface area contributed by atoms with Gasteiger partial charge in [0.1, 0.15) is 0 Å². The molecule has 3 rings (SSSR count). The predicted molar refractivity (Wildman–Crippen MR) is 100 cm³/mol. The average molecular weight is 339 g/mol. The Morgan fingerprint density at radius 3 is 2.32 bits per heavy atom. The summed E-state index contributed by atoms with van der Waals surface area (Å²) in [6.07, 6.45) is 6.76. The van der Waals surface area contributed by atoms with Crippen molar-refractivity contribution >= 4 is 23.4 Å². The summed E-state index contributed by atoms with van der Waals surface area (Å²) in [6.45, 7) is 2.13. The number of amides is 2. The van der Waals surface area contributed by atoms with Gasteiger partial charge in [-0.3, -0.25) is 5.32 Å². The van der Waals surface area contributed by atoms with Crippen molar-refractivity contribution in [1.82, 2.24) is 15.5 Å². The van der Waals surface area contributed by atoms with E-state index < -0.39 is 0 Å². The Morgan fingerprint density at radius 1 is 1.00 bits per heavy atom. The first-order valence-electron chi connectivity index (χ1n) is 9.00. The van der Waals surface area contributed by atoms with Gasteiger partial charge in [-0.1, -0.05) is 38.3 Å². The lowest BCUT2D eigenvalue weighted by Crippen LogP contribution is -2.39. The van der Waals surface area contributed by atoms with E-state index in [2.05, 4.69) is 45.2 Å². The summed E-state index contributed by atoms with van der Waals surface area (Å²) >= 11 is 0. The van der Waals surface area contributed by atoms with Crippen LogP contribution < -0.4 is 16.0 Å². The van der Waals surface area contributed by atoms with E-state index in [-0.39, 0.29) is 12.1 Å². The maximum absolute atomic E-state index is 12.0. The molecule has 2 amide bonds. The van der Waals surface area contributed by atoms with Gasteiger partial charge in [-0.15, -0.1) is 10.2 Å². The Bertz CT molecular complexity index is 678. The third-order valence-electron chi connectivity index (χ3n) is 4.48. The van der Waals surface area contributed by atoms with E-state index in [1.165, 1.54) is 24.8 Å². The lowest BCUT2D eigenvalue weighted by atomic mass is 9.96. The molecular weight excluding hydrogens is 314 g/mol. The fourth-order valence-corrected chi connectivity index (χ4v) is 3.02. The van der Waals surface area contributed by atoms with Crippen molar-refractivity contribution in [2.24, 2.45) is 0 Å². The first-order valence-corrected chi connectivity index (χ1v) is 9.00. The Morgan fingerprint density at radius 2 is 1.68 bits per heavy atom. The summed E-state index contributed by atoms with van der Waals surface area (Å²) < 4.78 is 0. The SMILES string of the molecule is CCc1ccc(Nc2ccc(NC(=O)NC3CCCCC3)nn2)cc1. The van der Waals surface area contributed by atoms with Crippen LogP contribution >= 0.6 is 0 Å². The zero-order chi connectivity index (χ0) is 17.5. The van der Waals surface area contributed by atoms with Crippen LogP contribution in [0.2, 0.25) is 0 Å². The number of aryl methyl sites for hydroxylation is 1. The molecule has 3 N–H and O–H groups in total. The number of anilines is 3. The average Bonchev–Trinajstić information content (AvgIpc) is 2.65. The molecule has 6 heteroatoms. The molecule has 1 heterocycles. The number of benzene rings is 1. The van der Waals surface area contributed by atoms with Crippen LogP contribution in [0.4, 0.5) is 22.1 Å². The minimum atomic E-state index is -0.211. The third kappa shape index (κ3) is 5.17. The maximum Gasteiger partial charge on any atom is 0.320 e. The Balaban J connectivity index is 1.51. The molecule has 1 aliphatic rings. The number of hydrogen-bond acceptors (Lipinski definition) is 4. The molecular formula is C19H25N5O. The van der Waals surface area contributed by atoms with E-state index in [0.717, 1.165) is 24.9 Å². The quantitative estimate of drug-likeness (QED) is 0.761. The van der Waals surface area contributed by atoms with Crippen molar-refractivity contribution in [2.75, 3.05) is 10.6 Å². The van der Waals surface area contributed by atoms with Crippen molar-refractivity contribution in [3.63, 3.8) is 0 Å². The molecule has 0 radical (unpaired) electrons. The lowest BCUT2D eigenvalue weighted by molar-refractivity contribution is 0.244. The highest BCUT2D eigenvalue weighted by Gasteiger charge is 2.15. The van der Waals surface area contributed by atoms with E-state index in [9.17, 15) is 4.79 Å².